The number of benzene rings is 1. The van der Waals surface area contributed by atoms with E-state index in [1.54, 1.807) is 43.6 Å². The second kappa shape index (κ2) is 19.1. The number of ether oxygens (including phenoxy) is 4. The number of amides is 1. The number of aryl methyl sites for hydroxylation is 1. The van der Waals surface area contributed by atoms with Crippen LogP contribution in [0, 0.1) is 17.3 Å². The molecule has 58 heavy (non-hydrogen) atoms. The average molecular weight is 879 g/mol. The van der Waals surface area contributed by atoms with Crippen molar-refractivity contribution in [3.8, 4) is 5.75 Å². The van der Waals surface area contributed by atoms with Crippen LogP contribution in [0.25, 0.3) is 0 Å². The van der Waals surface area contributed by atoms with Crippen LogP contribution in [0.1, 0.15) is 89.7 Å². The van der Waals surface area contributed by atoms with Gasteiger partial charge in [-0.15, -0.1) is 5.10 Å². The lowest BCUT2D eigenvalue weighted by atomic mass is 9.55. The number of carbonyl (C=O) groups excluding carboxylic acids is 1. The van der Waals surface area contributed by atoms with Gasteiger partial charge in [-0.3, -0.25) is 4.90 Å². The average Bonchev–Trinajstić information content (AvgIpc) is 3.78. The lowest BCUT2D eigenvalue weighted by molar-refractivity contribution is -0.457. The summed E-state index contributed by atoms with van der Waals surface area (Å²) in [4.78, 5) is 15.2. The first kappa shape index (κ1) is 46.6. The van der Waals surface area contributed by atoms with E-state index >= 15 is 0 Å². The highest BCUT2D eigenvalue weighted by molar-refractivity contribution is 8.76. The molecule has 1 saturated heterocycles. The lowest BCUT2D eigenvalue weighted by Crippen LogP contribution is -2.67. The Labute approximate surface area is 340 Å². The molecule has 2 saturated carbocycles. The highest BCUT2D eigenvalue weighted by Gasteiger charge is 2.85. The van der Waals surface area contributed by atoms with Crippen LogP contribution < -0.4 is 4.74 Å². The molecule has 2 heterocycles. The summed E-state index contributed by atoms with van der Waals surface area (Å²) in [5.41, 5.74) is -4.28. The number of hydrogen-bond acceptors (Lipinski definition) is 9. The van der Waals surface area contributed by atoms with Crippen LogP contribution >= 0.6 is 21.6 Å². The largest absolute Gasteiger partial charge is 0.435 e. The minimum Gasteiger partial charge on any atom is -0.410 e. The van der Waals surface area contributed by atoms with E-state index < -0.39 is 43.3 Å². The molecule has 9 nitrogen and oxygen atoms in total. The van der Waals surface area contributed by atoms with Gasteiger partial charge in [0.2, 0.25) is 0 Å². The van der Waals surface area contributed by atoms with Gasteiger partial charge in [-0.25, -0.2) is 9.48 Å². The number of aromatic nitrogens is 3. The second-order valence-electron chi connectivity index (χ2n) is 15.6. The van der Waals surface area contributed by atoms with Gasteiger partial charge in [0.25, 0.3) is 0 Å². The summed E-state index contributed by atoms with van der Waals surface area (Å²) in [5, 5.41) is 7.85. The quantitative estimate of drug-likeness (QED) is 0.118. The predicted molar refractivity (Wildman–Crippen MR) is 200 cm³/mol. The molecule has 3 aliphatic carbocycles. The van der Waals surface area contributed by atoms with E-state index in [1.165, 1.54) is 5.56 Å². The molecule has 6 atom stereocenters. The highest BCUT2D eigenvalue weighted by atomic mass is 33.1. The summed E-state index contributed by atoms with van der Waals surface area (Å²) in [7, 11) is 3.49. The third kappa shape index (κ3) is 10.2. The Kier molecular flexibility index (Phi) is 15.4. The Morgan fingerprint density at radius 1 is 0.983 bits per heavy atom. The van der Waals surface area contributed by atoms with Gasteiger partial charge in [-0.05, 0) is 119 Å². The fraction of sp³-hybridized carbons (Fsp3) is 0.763. The Morgan fingerprint density at radius 2 is 1.71 bits per heavy atom. The van der Waals surface area contributed by atoms with Gasteiger partial charge in [0.15, 0.2) is 0 Å². The maximum Gasteiger partial charge on any atom is 0.435 e. The molecule has 2 aromatic rings. The van der Waals surface area contributed by atoms with Crippen LogP contribution in [0.3, 0.4) is 0 Å². The zero-order valence-corrected chi connectivity index (χ0v) is 34.4. The summed E-state index contributed by atoms with van der Waals surface area (Å²) >= 11 is 0. The summed E-state index contributed by atoms with van der Waals surface area (Å²) < 4.78 is 141. The second-order valence-corrected chi connectivity index (χ2v) is 18.2. The molecule has 3 fully saturated rings. The van der Waals surface area contributed by atoms with Gasteiger partial charge in [0.1, 0.15) is 12.4 Å². The predicted octanol–water partition coefficient (Wildman–Crippen LogP) is 10.4. The maximum atomic E-state index is 13.5. The zero-order valence-electron chi connectivity index (χ0n) is 32.8. The molecule has 6 unspecified atom stereocenters. The molecule has 1 aliphatic heterocycles. The van der Waals surface area contributed by atoms with E-state index in [-0.39, 0.29) is 42.7 Å². The minimum atomic E-state index is -6.76. The Balaban J connectivity index is 0.000000992. The molecule has 0 radical (unpaired) electrons. The molecule has 0 spiro atoms. The first-order valence-electron chi connectivity index (χ1n) is 19.5. The van der Waals surface area contributed by atoms with E-state index in [2.05, 4.69) is 22.0 Å². The van der Waals surface area contributed by atoms with E-state index in [4.69, 9.17) is 14.2 Å². The van der Waals surface area contributed by atoms with Gasteiger partial charge < -0.3 is 18.9 Å². The summed E-state index contributed by atoms with van der Waals surface area (Å²) in [6, 6.07) is 5.77. The normalized spacial score (nSPS) is 26.3. The lowest BCUT2D eigenvalue weighted by Gasteiger charge is -2.50. The van der Waals surface area contributed by atoms with Crippen molar-refractivity contribution in [1.82, 2.24) is 19.9 Å². The van der Waals surface area contributed by atoms with E-state index in [0.29, 0.717) is 24.2 Å². The summed E-state index contributed by atoms with van der Waals surface area (Å²) in [6.07, 6.45) is -12.5. The highest BCUT2D eigenvalue weighted by Crippen LogP contribution is 2.62. The van der Waals surface area contributed by atoms with Crippen LogP contribution in [0.5, 0.6) is 5.75 Å². The van der Waals surface area contributed by atoms with Crippen molar-refractivity contribution in [2.45, 2.75) is 134 Å². The van der Waals surface area contributed by atoms with Crippen molar-refractivity contribution in [2.24, 2.45) is 17.3 Å². The van der Waals surface area contributed by atoms with Gasteiger partial charge >= 0.3 is 30.2 Å². The first-order valence-corrected chi connectivity index (χ1v) is 22.0. The van der Waals surface area contributed by atoms with Crippen LogP contribution in [-0.4, -0.2) is 99.7 Å². The molecule has 0 bridgehead atoms. The smallest absolute Gasteiger partial charge is 0.410 e. The van der Waals surface area contributed by atoms with Gasteiger partial charge in [-0.2, -0.15) is 39.5 Å². The number of carbonyl (C=O) groups is 1. The van der Waals surface area contributed by atoms with E-state index in [9.17, 15) is 44.3 Å². The Morgan fingerprint density at radius 3 is 2.29 bits per heavy atom. The van der Waals surface area contributed by atoms with Crippen molar-refractivity contribution in [2.75, 3.05) is 31.3 Å². The molecule has 4 aliphatic rings. The fourth-order valence-corrected chi connectivity index (χ4v) is 11.6. The maximum absolute atomic E-state index is 13.5. The molecule has 328 valence electrons. The Hall–Kier alpha value is -2.42. The van der Waals surface area contributed by atoms with Gasteiger partial charge in [0.05, 0.1) is 25.0 Å². The van der Waals surface area contributed by atoms with Crippen LogP contribution in [-0.2, 0) is 27.3 Å². The van der Waals surface area contributed by atoms with Gasteiger partial charge in [-0.1, -0.05) is 39.8 Å². The summed E-state index contributed by atoms with van der Waals surface area (Å²) in [6.45, 7) is 7.41. The van der Waals surface area contributed by atoms with Gasteiger partial charge in [0, 0.05) is 37.0 Å². The SMILES string of the molecule is CC12CCC3c4ccc(OC(=O)N(Cn5ccnn5)C5CCSSC5)cc4CCC3C1CCC2OCCCOC(C(F)(F)F)(C(F)(F)F)C(F)(F)F.CCOC(C)C. The first-order chi connectivity index (χ1) is 27.2. The van der Waals surface area contributed by atoms with Crippen LogP contribution in [0.15, 0.2) is 30.6 Å². The van der Waals surface area contributed by atoms with Crippen molar-refractivity contribution in [3.63, 3.8) is 0 Å². The molecule has 1 amide bonds. The van der Waals surface area contributed by atoms with Crippen molar-refractivity contribution in [3.05, 3.63) is 41.7 Å². The van der Waals surface area contributed by atoms with E-state index in [1.807, 2.05) is 39.0 Å². The topological polar surface area (TPSA) is 87.9 Å². The molecule has 1 aromatic carbocycles. The molecular weight excluding hydrogens is 828 g/mol. The molecule has 6 rings (SSSR count). The number of hydrogen-bond donors (Lipinski definition) is 0. The van der Waals surface area contributed by atoms with Crippen LogP contribution in [0.4, 0.5) is 44.3 Å². The standard InChI is InChI=1S/C33H39F9N4O4S2.C5H12O/c1-29-11-9-24-23-6-4-22(50-28(47)46(19-45-13-12-43-44-45)21-10-16-51-52-18-21)17-20(23)3-5-25(24)26(29)7-8-27(29)48-14-2-15-49-30(31(34,35)36,32(37,38)39)33(40,41)42;1-4-6-5(2)3/h4,6,12-13,17,21,24-27H,2-3,5,7-11,14-16,18-19H2,1H3;5H,4H2,1-3H3. The zero-order chi connectivity index (χ0) is 42.5. The monoisotopic (exact) mass is 878 g/mol. The number of rotatable bonds is 12. The molecule has 1 aromatic heterocycles. The van der Waals surface area contributed by atoms with E-state index in [0.717, 1.165) is 62.2 Å². The third-order valence-electron chi connectivity index (χ3n) is 11.8. The van der Waals surface area contributed by atoms with Crippen molar-refractivity contribution < 1.29 is 63.3 Å². The molecule has 0 N–H and O–H groups in total. The molecule has 20 heteroatoms. The van der Waals surface area contributed by atoms with Crippen molar-refractivity contribution >= 4 is 27.7 Å². The summed E-state index contributed by atoms with van der Waals surface area (Å²) in [5.74, 6) is 2.95. The number of alkyl halides is 9. The third-order valence-corrected chi connectivity index (χ3v) is 14.3. The molecular formula is C38H51F9N4O5S2. The minimum absolute atomic E-state index is 0.0111. The Bertz CT molecular complexity index is 1590. The number of nitrogens with zero attached hydrogens (tertiary/aromatic N) is 4. The van der Waals surface area contributed by atoms with Crippen LogP contribution in [0.2, 0.25) is 0 Å². The number of halogens is 9. The fourth-order valence-electron chi connectivity index (χ4n) is 9.06. The van der Waals surface area contributed by atoms with Crippen molar-refractivity contribution in [1.29, 1.82) is 0 Å². The number of fused-ring (bicyclic) bond motifs is 5.